The first-order chi connectivity index (χ1) is 40.2. The number of benzene rings is 8. The molecule has 8 aromatic carbocycles. The predicted molar refractivity (Wildman–Crippen MR) is 357 cm³/mol. The van der Waals surface area contributed by atoms with Gasteiger partial charge in [0.1, 0.15) is 28.7 Å². The Bertz CT molecular complexity index is 3550. The van der Waals surface area contributed by atoms with E-state index in [4.69, 9.17) is 18.9 Å². The fourth-order valence-corrected chi connectivity index (χ4v) is 13.8. The first kappa shape index (κ1) is 74.4. The second kappa shape index (κ2) is 36.0. The standard InChI is InChI=1S/C37H42Br2O4S.C29H26O4S.C4H8Br2.2Li/c1-27-11-21-35(28(25-27)9-5-7-23-38)44(40,41)36-22-20-34(26-29(36)10-6-8-24-39)43-33-18-14-31(15-19-33)37(2,3)30-12-16-32(42-4)17-13-30;1-21-5-17-27(18-6-21)34(30,31)28-19-15-26(16-20-28)33-25-13-9-23(10-14-25)29(2,3)22-7-11-24(32-4)12-8-22;5-3-1-2-4-6;;/h11-22,25-26H,5-10,23-24H2,1-4H3;5-17,19H,1-4H3;1-4H2;;/q;-2;;2*+1. The van der Waals surface area contributed by atoms with Crippen LogP contribution in [0.15, 0.2) is 189 Å². The summed E-state index contributed by atoms with van der Waals surface area (Å²) in [5.74, 6) is 4.16. The summed E-state index contributed by atoms with van der Waals surface area (Å²) in [6.45, 7) is 12.6. The fourth-order valence-electron chi connectivity index (χ4n) is 9.27. The molecule has 0 spiro atoms. The summed E-state index contributed by atoms with van der Waals surface area (Å²) in [6, 6.07) is 58.6. The minimum Gasteiger partial charge on any atom is -0.517 e. The first-order valence-electron chi connectivity index (χ1n) is 28.0. The molecule has 8 nitrogen and oxygen atoms in total. The van der Waals surface area contributed by atoms with E-state index in [1.54, 1.807) is 56.7 Å². The van der Waals surface area contributed by atoms with Crippen LogP contribution in [0.1, 0.15) is 111 Å². The second-order valence-electron chi connectivity index (χ2n) is 21.3. The summed E-state index contributed by atoms with van der Waals surface area (Å²) in [7, 11) is -4.06. The average Bonchev–Trinajstić information content (AvgIpc) is 3.01. The van der Waals surface area contributed by atoms with Gasteiger partial charge < -0.3 is 18.9 Å². The van der Waals surface area contributed by atoms with E-state index in [2.05, 4.69) is 140 Å². The van der Waals surface area contributed by atoms with Gasteiger partial charge in [0.15, 0.2) is 9.84 Å². The Morgan fingerprint density at radius 2 is 0.721 bits per heavy atom. The maximum Gasteiger partial charge on any atom is 1.00 e. The molecule has 8 rings (SSSR count). The van der Waals surface area contributed by atoms with Crippen molar-refractivity contribution >= 4 is 83.4 Å². The number of unbranched alkanes of at least 4 members (excludes halogenated alkanes) is 3. The molecule has 0 radical (unpaired) electrons. The Kier molecular flexibility index (Phi) is 31.1. The molecule has 0 N–H and O–H groups in total. The normalized spacial score (nSPS) is 11.3. The zero-order valence-electron chi connectivity index (χ0n) is 51.2. The fraction of sp³-hybridized carbons (Fsp3) is 0.314. The molecule has 8 aromatic rings. The third-order valence-electron chi connectivity index (χ3n) is 14.5. The zero-order valence-corrected chi connectivity index (χ0v) is 59.2. The van der Waals surface area contributed by atoms with Crippen LogP contribution < -0.4 is 56.7 Å². The second-order valence-corrected chi connectivity index (χ2v) is 28.3. The Balaban J connectivity index is 0.000000337. The van der Waals surface area contributed by atoms with E-state index in [0.717, 1.165) is 98.3 Å². The van der Waals surface area contributed by atoms with Gasteiger partial charge >= 0.3 is 37.7 Å². The summed E-state index contributed by atoms with van der Waals surface area (Å²) < 4.78 is 76.6. The molecule has 0 atom stereocenters. The van der Waals surface area contributed by atoms with Gasteiger partial charge in [0.05, 0.1) is 24.0 Å². The monoisotopic (exact) mass is 1440 g/mol. The van der Waals surface area contributed by atoms with Gasteiger partial charge in [0.2, 0.25) is 9.84 Å². The van der Waals surface area contributed by atoms with Gasteiger partial charge in [-0.2, -0.15) is 35.9 Å². The molecule has 0 aromatic heterocycles. The molecule has 0 fully saturated rings. The molecule has 0 amide bonds. The smallest absolute Gasteiger partial charge is 0.517 e. The van der Waals surface area contributed by atoms with E-state index in [1.807, 2.05) is 92.7 Å². The molecule has 86 heavy (non-hydrogen) atoms. The number of halogens is 4. The van der Waals surface area contributed by atoms with Gasteiger partial charge in [0, 0.05) is 37.9 Å². The number of methoxy groups -OCH3 is 2. The van der Waals surface area contributed by atoms with Crippen molar-refractivity contribution in [2.75, 3.05) is 35.5 Å². The zero-order chi connectivity index (χ0) is 60.9. The topological polar surface area (TPSA) is 105 Å². The summed E-state index contributed by atoms with van der Waals surface area (Å²) in [6.07, 6.45) is 7.70. The minimum absolute atomic E-state index is 0. The van der Waals surface area contributed by atoms with Crippen LogP contribution in [0, 0.1) is 26.0 Å². The van der Waals surface area contributed by atoms with E-state index in [9.17, 15) is 16.8 Å². The summed E-state index contributed by atoms with van der Waals surface area (Å²) >= 11 is 13.7. The molecule has 0 aliphatic carbocycles. The summed E-state index contributed by atoms with van der Waals surface area (Å²) in [4.78, 5) is 0.972. The van der Waals surface area contributed by atoms with Crippen LogP contribution in [0.2, 0.25) is 0 Å². The Labute approximate surface area is 571 Å². The number of alkyl halides is 4. The number of aryl methyl sites for hydroxylation is 4. The maximum atomic E-state index is 14.1. The van der Waals surface area contributed by atoms with Crippen molar-refractivity contribution in [3.05, 3.63) is 226 Å². The largest absolute Gasteiger partial charge is 1.00 e. The van der Waals surface area contributed by atoms with Gasteiger partial charge in [-0.25, -0.2) is 16.8 Å². The van der Waals surface area contributed by atoms with Gasteiger partial charge in [-0.05, 0) is 174 Å². The van der Waals surface area contributed by atoms with E-state index < -0.39 is 19.7 Å². The van der Waals surface area contributed by atoms with Gasteiger partial charge in [-0.15, -0.1) is 18.2 Å². The first-order valence-corrected chi connectivity index (χ1v) is 35.5. The van der Waals surface area contributed by atoms with Gasteiger partial charge in [-0.3, -0.25) is 0 Å². The molecule has 0 aliphatic rings. The summed E-state index contributed by atoms with van der Waals surface area (Å²) in [5.41, 5.74) is 7.97. The van der Waals surface area contributed by atoms with Crippen LogP contribution in [0.5, 0.6) is 34.5 Å². The quantitative estimate of drug-likeness (QED) is 0.0241. The molecule has 0 bridgehead atoms. The SMILES string of the molecule is BrCCCCBr.COc1ccc(C(C)(C)c2ccc(Oc3c[c-]c(S(=O)(=O)c4[c-]cc(C)cc4)cc3)cc2)cc1.COc1ccc(C(C)(C)c2ccc(Oc3ccc(S(=O)(=O)c4ccc(C)cc4CCCCBr)c(CCCCBr)c3)cc2)cc1.[Li+].[Li+]. The van der Waals surface area contributed by atoms with Crippen molar-refractivity contribution in [1.29, 1.82) is 0 Å². The number of hydrogen-bond donors (Lipinski definition) is 0. The predicted octanol–water partition coefficient (Wildman–Crippen LogP) is 13.5. The summed E-state index contributed by atoms with van der Waals surface area (Å²) in [5, 5.41) is 4.06. The molecule has 0 unspecified atom stereocenters. The average molecular weight is 1440 g/mol. The van der Waals surface area contributed by atoms with E-state index >= 15 is 0 Å². The molecular formula is C70H76Br4Li2O8S2. The number of rotatable bonds is 25. The Morgan fingerprint density at radius 3 is 1.10 bits per heavy atom. The van der Waals surface area contributed by atoms with E-state index in [-0.39, 0.29) is 58.3 Å². The van der Waals surface area contributed by atoms with Gasteiger partial charge in [0.25, 0.3) is 0 Å². The van der Waals surface area contributed by atoms with Crippen molar-refractivity contribution in [2.45, 2.75) is 123 Å². The molecular weight excluding hydrogens is 1370 g/mol. The van der Waals surface area contributed by atoms with Crippen LogP contribution in [-0.2, 0) is 43.3 Å². The van der Waals surface area contributed by atoms with Crippen molar-refractivity contribution in [1.82, 2.24) is 0 Å². The van der Waals surface area contributed by atoms with Crippen molar-refractivity contribution in [3.63, 3.8) is 0 Å². The minimum atomic E-state index is -3.72. The van der Waals surface area contributed by atoms with Crippen LogP contribution in [-0.4, -0.2) is 52.4 Å². The molecule has 446 valence electrons. The van der Waals surface area contributed by atoms with Crippen molar-refractivity contribution in [2.24, 2.45) is 0 Å². The number of sulfone groups is 2. The molecule has 0 aliphatic heterocycles. The maximum absolute atomic E-state index is 14.1. The third-order valence-corrected chi connectivity index (χ3v) is 20.4. The van der Waals surface area contributed by atoms with Crippen LogP contribution >= 0.6 is 63.7 Å². The number of ether oxygens (including phenoxy) is 4. The molecule has 0 saturated heterocycles. The molecule has 0 saturated carbocycles. The Morgan fingerprint density at radius 1 is 0.384 bits per heavy atom. The number of hydrogen-bond acceptors (Lipinski definition) is 8. The third kappa shape index (κ3) is 20.8. The van der Waals surface area contributed by atoms with E-state index in [1.165, 1.54) is 36.1 Å². The molecule has 0 heterocycles. The van der Waals surface area contributed by atoms with Gasteiger partial charge in [-0.1, -0.05) is 165 Å². The van der Waals surface area contributed by atoms with Crippen LogP contribution in [0.25, 0.3) is 0 Å². The van der Waals surface area contributed by atoms with Crippen LogP contribution in [0.4, 0.5) is 0 Å². The van der Waals surface area contributed by atoms with E-state index in [0.29, 0.717) is 39.2 Å². The Hall–Kier alpha value is -4.03. The molecule has 16 heteroatoms. The van der Waals surface area contributed by atoms with Crippen molar-refractivity contribution < 1.29 is 73.5 Å². The van der Waals surface area contributed by atoms with Crippen molar-refractivity contribution in [3.8, 4) is 34.5 Å². The van der Waals surface area contributed by atoms with Crippen LogP contribution in [0.3, 0.4) is 0 Å².